The number of sulfonamides is 1. The first-order valence-corrected chi connectivity index (χ1v) is 13.4. The van der Waals surface area contributed by atoms with Crippen LogP contribution in [-0.2, 0) is 23.1 Å². The molecule has 9 heteroatoms. The number of para-hydroxylation sites is 2. The number of rotatable bonds is 8. The summed E-state index contributed by atoms with van der Waals surface area (Å²) in [5, 5.41) is 19.6. The fraction of sp³-hybridized carbons (Fsp3) is 0.259. The van der Waals surface area contributed by atoms with E-state index in [4.69, 9.17) is 5.41 Å². The number of ketones is 1. The number of aromatic nitrogens is 2. The normalized spacial score (nSPS) is 11.8. The zero-order valence-electron chi connectivity index (χ0n) is 20.8. The van der Waals surface area contributed by atoms with Crippen molar-refractivity contribution in [1.82, 2.24) is 9.13 Å². The highest BCUT2D eigenvalue weighted by molar-refractivity contribution is 7.92. The number of hydrogen-bond donors (Lipinski definition) is 2. The second-order valence-corrected chi connectivity index (χ2v) is 11.2. The van der Waals surface area contributed by atoms with E-state index >= 15 is 0 Å². The zero-order valence-corrected chi connectivity index (χ0v) is 21.6. The Hall–Kier alpha value is -3.85. The Morgan fingerprint density at radius 3 is 2.17 bits per heavy atom. The van der Waals surface area contributed by atoms with Gasteiger partial charge < -0.3 is 14.2 Å². The second-order valence-electron chi connectivity index (χ2n) is 9.21. The van der Waals surface area contributed by atoms with Gasteiger partial charge in [-0.1, -0.05) is 56.3 Å². The number of hydrogen-bond acceptors (Lipinski definition) is 5. The quantitative estimate of drug-likeness (QED) is 0.351. The maximum Gasteiger partial charge on any atom is 0.232 e. The molecule has 0 aliphatic carbocycles. The van der Waals surface area contributed by atoms with Crippen LogP contribution in [-0.4, -0.2) is 41.7 Å². The summed E-state index contributed by atoms with van der Waals surface area (Å²) in [4.78, 5) is 13.5. The van der Waals surface area contributed by atoms with Gasteiger partial charge in [0.25, 0.3) is 0 Å². The number of nitrogens with one attached hydrogen (secondary N) is 1. The molecule has 1 aromatic heterocycles. The maximum atomic E-state index is 13.5. The lowest BCUT2D eigenvalue weighted by Gasteiger charge is -2.22. The summed E-state index contributed by atoms with van der Waals surface area (Å²) in [6.45, 7) is 4.11. The van der Waals surface area contributed by atoms with Crippen molar-refractivity contribution in [2.75, 3.05) is 17.6 Å². The fourth-order valence-corrected chi connectivity index (χ4v) is 4.77. The molecular formula is C27H30N4O4S. The average molecular weight is 507 g/mol. The van der Waals surface area contributed by atoms with Crippen LogP contribution in [0.1, 0.15) is 41.3 Å². The molecule has 0 amide bonds. The first-order chi connectivity index (χ1) is 17.0. The molecule has 0 aliphatic rings. The molecule has 0 atom stereocenters. The molecule has 0 unspecified atom stereocenters. The van der Waals surface area contributed by atoms with E-state index in [1.165, 1.54) is 13.1 Å². The van der Waals surface area contributed by atoms with E-state index in [9.17, 15) is 18.3 Å². The van der Waals surface area contributed by atoms with Gasteiger partial charge in [-0.05, 0) is 41.3 Å². The van der Waals surface area contributed by atoms with Crippen molar-refractivity contribution in [2.45, 2.75) is 32.9 Å². The molecule has 2 N–H and O–H groups in total. The molecule has 0 fully saturated rings. The third-order valence-electron chi connectivity index (χ3n) is 6.36. The van der Waals surface area contributed by atoms with Crippen LogP contribution in [0.2, 0.25) is 0 Å². The van der Waals surface area contributed by atoms with Crippen molar-refractivity contribution in [3.63, 3.8) is 0 Å². The van der Waals surface area contributed by atoms with E-state index in [0.29, 0.717) is 12.1 Å². The summed E-state index contributed by atoms with van der Waals surface area (Å²) < 4.78 is 28.8. The number of fused-ring (bicyclic) bond motifs is 1. The van der Waals surface area contributed by atoms with E-state index in [1.54, 1.807) is 10.6 Å². The van der Waals surface area contributed by atoms with Crippen LogP contribution in [0.3, 0.4) is 0 Å². The minimum atomic E-state index is -3.66. The van der Waals surface area contributed by atoms with Crippen LogP contribution in [0.5, 0.6) is 5.75 Å². The molecule has 0 spiro atoms. The second kappa shape index (κ2) is 9.66. The number of imidazole rings is 1. The average Bonchev–Trinajstić information content (AvgIpc) is 3.09. The number of benzene rings is 3. The van der Waals surface area contributed by atoms with Crippen LogP contribution in [0.25, 0.3) is 11.0 Å². The minimum Gasteiger partial charge on any atom is -0.505 e. The number of Topliss-reactive ketones (excluding diaryl/α,β-unsaturated/α-hetero) is 1. The van der Waals surface area contributed by atoms with Gasteiger partial charge in [0.1, 0.15) is 5.75 Å². The molecule has 0 aliphatic heterocycles. The molecule has 8 nitrogen and oxygen atoms in total. The van der Waals surface area contributed by atoms with Gasteiger partial charge in [-0.3, -0.25) is 14.5 Å². The summed E-state index contributed by atoms with van der Waals surface area (Å²) in [5.74, 6) is -0.597. The third-order valence-corrected chi connectivity index (χ3v) is 7.55. The maximum absolute atomic E-state index is 13.5. The topological polar surface area (TPSA) is 108 Å². The lowest BCUT2D eigenvalue weighted by Crippen LogP contribution is -2.28. The molecule has 0 saturated carbocycles. The zero-order chi connectivity index (χ0) is 26.2. The Balaban J connectivity index is 1.79. The van der Waals surface area contributed by atoms with E-state index < -0.39 is 10.0 Å². The van der Waals surface area contributed by atoms with Crippen molar-refractivity contribution >= 4 is 32.5 Å². The molecule has 0 radical (unpaired) electrons. The highest BCUT2D eigenvalue weighted by Crippen LogP contribution is 2.37. The van der Waals surface area contributed by atoms with E-state index in [-0.39, 0.29) is 40.9 Å². The Labute approximate surface area is 210 Å². The van der Waals surface area contributed by atoms with Crippen LogP contribution in [0.4, 0.5) is 5.69 Å². The Morgan fingerprint density at radius 2 is 1.58 bits per heavy atom. The van der Waals surface area contributed by atoms with Crippen molar-refractivity contribution in [3.05, 3.63) is 89.0 Å². The van der Waals surface area contributed by atoms with Gasteiger partial charge in [0, 0.05) is 12.6 Å². The van der Waals surface area contributed by atoms with E-state index in [2.05, 4.69) is 0 Å². The number of aromatic hydroxyl groups is 1. The summed E-state index contributed by atoms with van der Waals surface area (Å²) in [5.41, 5.74) is 3.62. The first kappa shape index (κ1) is 25.2. The molecule has 188 valence electrons. The van der Waals surface area contributed by atoms with Crippen LogP contribution >= 0.6 is 0 Å². The van der Waals surface area contributed by atoms with Crippen molar-refractivity contribution < 1.29 is 18.3 Å². The standard InChI is InChI=1S/C27H30N4O4S/c1-18(2)21-14-20(15-24(26(21)33)29(3)36(4,34)35)25(32)17-31-23-13-9-8-12-22(23)30(27(31)28)16-19-10-6-5-7-11-19/h5-15,18,28,33H,16-17H2,1-4H3. The number of carbonyl (C=O) groups excluding carboxylic acids is 1. The fourth-order valence-electron chi connectivity index (χ4n) is 4.28. The van der Waals surface area contributed by atoms with Gasteiger partial charge in [-0.25, -0.2) is 8.42 Å². The highest BCUT2D eigenvalue weighted by Gasteiger charge is 2.23. The predicted molar refractivity (Wildman–Crippen MR) is 141 cm³/mol. The number of phenolic OH excluding ortho intramolecular Hbond substituents is 1. The summed E-state index contributed by atoms with van der Waals surface area (Å²) >= 11 is 0. The van der Waals surface area contributed by atoms with Crippen LogP contribution in [0.15, 0.2) is 66.7 Å². The van der Waals surface area contributed by atoms with E-state index in [0.717, 1.165) is 27.2 Å². The van der Waals surface area contributed by atoms with Gasteiger partial charge in [-0.15, -0.1) is 0 Å². The Morgan fingerprint density at radius 1 is 1.00 bits per heavy atom. The number of anilines is 1. The molecular weight excluding hydrogens is 476 g/mol. The summed E-state index contributed by atoms with van der Waals surface area (Å²) in [6, 6.07) is 20.4. The summed E-state index contributed by atoms with van der Waals surface area (Å²) in [6.07, 6.45) is 1.04. The number of phenols is 1. The Bertz CT molecular complexity index is 1600. The van der Waals surface area contributed by atoms with Gasteiger partial charge in [0.15, 0.2) is 5.78 Å². The molecule has 36 heavy (non-hydrogen) atoms. The molecule has 3 aromatic carbocycles. The lowest BCUT2D eigenvalue weighted by atomic mass is 9.96. The lowest BCUT2D eigenvalue weighted by molar-refractivity contribution is 0.0971. The van der Waals surface area contributed by atoms with Crippen molar-refractivity contribution in [1.29, 1.82) is 5.41 Å². The largest absolute Gasteiger partial charge is 0.505 e. The number of carbonyl (C=O) groups is 1. The highest BCUT2D eigenvalue weighted by atomic mass is 32.2. The van der Waals surface area contributed by atoms with Gasteiger partial charge >= 0.3 is 0 Å². The third kappa shape index (κ3) is 4.79. The van der Waals surface area contributed by atoms with Crippen LogP contribution in [0, 0.1) is 5.41 Å². The molecule has 0 bridgehead atoms. The van der Waals surface area contributed by atoms with Crippen molar-refractivity contribution in [3.8, 4) is 5.75 Å². The number of nitrogens with zero attached hydrogens (tertiary/aromatic N) is 3. The SMILES string of the molecule is CC(C)c1cc(C(=O)Cn2c(=N)n(Cc3ccccc3)c3ccccc32)cc(N(C)S(C)(=O)=O)c1O. The van der Waals surface area contributed by atoms with E-state index in [1.807, 2.05) is 73.0 Å². The minimum absolute atomic E-state index is 0.0506. The monoisotopic (exact) mass is 506 g/mol. The Kier molecular flexibility index (Phi) is 6.77. The van der Waals surface area contributed by atoms with Gasteiger partial charge in [0.05, 0.1) is 36.1 Å². The molecule has 4 rings (SSSR count). The molecule has 4 aromatic rings. The van der Waals surface area contributed by atoms with Gasteiger partial charge in [0.2, 0.25) is 15.6 Å². The molecule has 1 heterocycles. The van der Waals surface area contributed by atoms with Gasteiger partial charge in [-0.2, -0.15) is 0 Å². The molecule has 0 saturated heterocycles. The van der Waals surface area contributed by atoms with Crippen LogP contribution < -0.4 is 9.92 Å². The summed E-state index contributed by atoms with van der Waals surface area (Å²) in [7, 11) is -2.32. The predicted octanol–water partition coefficient (Wildman–Crippen LogP) is 4.08. The van der Waals surface area contributed by atoms with Crippen molar-refractivity contribution in [2.24, 2.45) is 0 Å². The smallest absolute Gasteiger partial charge is 0.232 e. The first-order valence-electron chi connectivity index (χ1n) is 11.6.